The fourth-order valence-corrected chi connectivity index (χ4v) is 1.02. The second-order valence-electron chi connectivity index (χ2n) is 2.96. The van der Waals surface area contributed by atoms with Crippen molar-refractivity contribution in [3.8, 4) is 0 Å². The molecule has 0 saturated carbocycles. The van der Waals surface area contributed by atoms with E-state index in [0.29, 0.717) is 12.1 Å². The molecule has 0 fully saturated rings. The van der Waals surface area contributed by atoms with Crippen LogP contribution in [0.25, 0.3) is 0 Å². The van der Waals surface area contributed by atoms with Gasteiger partial charge in [-0.25, -0.2) is 5.01 Å². The minimum atomic E-state index is 0.0747. The molecule has 0 aliphatic carbocycles. The molecule has 0 aliphatic rings. The van der Waals surface area contributed by atoms with Crippen LogP contribution in [0.1, 0.15) is 13.3 Å². The Morgan fingerprint density at radius 2 is 2.07 bits per heavy atom. The van der Waals surface area contributed by atoms with Gasteiger partial charge in [0.05, 0.1) is 5.70 Å². The monoisotopic (exact) mass is 204 g/mol. The van der Waals surface area contributed by atoms with Crippen molar-refractivity contribution in [2.45, 2.75) is 13.3 Å². The SMILES string of the molecule is C=C/C(=C\C(=C)N(C=C)N=C)CC(C)=O. The average molecular weight is 204 g/mol. The van der Waals surface area contributed by atoms with E-state index in [9.17, 15) is 4.79 Å². The Balaban J connectivity index is 4.74. The lowest BCUT2D eigenvalue weighted by Gasteiger charge is -2.13. The first-order valence-electron chi connectivity index (χ1n) is 4.45. The van der Waals surface area contributed by atoms with Crippen LogP contribution in [-0.4, -0.2) is 17.5 Å². The predicted molar refractivity (Wildman–Crippen MR) is 64.3 cm³/mol. The number of allylic oxidation sites excluding steroid dienone is 3. The number of nitrogens with zero attached hydrogens (tertiary/aromatic N) is 2. The van der Waals surface area contributed by atoms with Crippen LogP contribution in [0, 0.1) is 0 Å². The zero-order chi connectivity index (χ0) is 11.8. The molecule has 0 aromatic carbocycles. The van der Waals surface area contributed by atoms with Gasteiger partial charge in [0.2, 0.25) is 0 Å². The van der Waals surface area contributed by atoms with Crippen LogP contribution in [0.5, 0.6) is 0 Å². The van der Waals surface area contributed by atoms with Gasteiger partial charge in [0.15, 0.2) is 0 Å². The maximum absolute atomic E-state index is 10.9. The van der Waals surface area contributed by atoms with Crippen LogP contribution < -0.4 is 0 Å². The number of carbonyl (C=O) groups excluding carboxylic acids is 1. The van der Waals surface area contributed by atoms with E-state index in [-0.39, 0.29) is 5.78 Å². The highest BCUT2D eigenvalue weighted by Crippen LogP contribution is 2.11. The molecule has 0 aliphatic heterocycles. The first kappa shape index (κ1) is 13.1. The van der Waals surface area contributed by atoms with Gasteiger partial charge >= 0.3 is 0 Å². The Bertz CT molecular complexity index is 319. The molecule has 3 heteroatoms. The largest absolute Gasteiger partial charge is 0.300 e. The fourth-order valence-electron chi connectivity index (χ4n) is 1.02. The van der Waals surface area contributed by atoms with E-state index in [1.165, 1.54) is 18.1 Å². The molecule has 0 aromatic rings. The van der Waals surface area contributed by atoms with E-state index in [1.54, 1.807) is 12.2 Å². The van der Waals surface area contributed by atoms with Crippen LogP contribution in [-0.2, 0) is 4.79 Å². The van der Waals surface area contributed by atoms with E-state index < -0.39 is 0 Å². The summed E-state index contributed by atoms with van der Waals surface area (Å²) in [6.07, 6.45) is 5.17. The van der Waals surface area contributed by atoms with Gasteiger partial charge < -0.3 is 0 Å². The highest BCUT2D eigenvalue weighted by molar-refractivity contribution is 5.78. The van der Waals surface area contributed by atoms with E-state index in [2.05, 4.69) is 31.6 Å². The Labute approximate surface area is 90.8 Å². The summed E-state index contributed by atoms with van der Waals surface area (Å²) in [4.78, 5) is 10.9. The van der Waals surface area contributed by atoms with Crippen LogP contribution in [0.4, 0.5) is 0 Å². The molecule has 0 spiro atoms. The summed E-state index contributed by atoms with van der Waals surface area (Å²) in [5, 5.41) is 5.10. The maximum Gasteiger partial charge on any atom is 0.134 e. The van der Waals surface area contributed by atoms with E-state index in [0.717, 1.165) is 5.57 Å². The highest BCUT2D eigenvalue weighted by Gasteiger charge is 2.01. The lowest BCUT2D eigenvalue weighted by atomic mass is 10.1. The summed E-state index contributed by atoms with van der Waals surface area (Å²) < 4.78 is 0. The van der Waals surface area contributed by atoms with Crippen molar-refractivity contribution < 1.29 is 4.79 Å². The number of hydrogen-bond donors (Lipinski definition) is 0. The molecule has 0 amide bonds. The number of hydrogen-bond acceptors (Lipinski definition) is 3. The summed E-state index contributed by atoms with van der Waals surface area (Å²) in [6, 6.07) is 0. The smallest absolute Gasteiger partial charge is 0.134 e. The fraction of sp³-hybridized carbons (Fsp3) is 0.167. The first-order valence-corrected chi connectivity index (χ1v) is 4.45. The minimum absolute atomic E-state index is 0.0747. The number of ketones is 1. The lowest BCUT2D eigenvalue weighted by Crippen LogP contribution is -2.05. The van der Waals surface area contributed by atoms with Gasteiger partial charge in [-0.3, -0.25) is 4.79 Å². The van der Waals surface area contributed by atoms with Crippen molar-refractivity contribution in [1.29, 1.82) is 0 Å². The zero-order valence-electron chi connectivity index (χ0n) is 9.07. The lowest BCUT2D eigenvalue weighted by molar-refractivity contribution is -0.116. The molecule has 0 rings (SSSR count). The van der Waals surface area contributed by atoms with Crippen molar-refractivity contribution in [2.75, 3.05) is 0 Å². The average Bonchev–Trinajstić information content (AvgIpc) is 2.17. The summed E-state index contributed by atoms with van der Waals surface area (Å²) in [7, 11) is 0. The van der Waals surface area contributed by atoms with Crippen molar-refractivity contribution >= 4 is 12.5 Å². The normalized spacial score (nSPS) is 10.3. The van der Waals surface area contributed by atoms with Gasteiger partial charge in [0.1, 0.15) is 5.78 Å². The highest BCUT2D eigenvalue weighted by atomic mass is 16.1. The van der Waals surface area contributed by atoms with E-state index in [4.69, 9.17) is 0 Å². The quantitative estimate of drug-likeness (QED) is 0.363. The summed E-state index contributed by atoms with van der Waals surface area (Å²) in [5.41, 5.74) is 1.39. The number of rotatable bonds is 7. The van der Waals surface area contributed by atoms with Crippen LogP contribution in [0.15, 0.2) is 54.5 Å². The van der Waals surface area contributed by atoms with E-state index >= 15 is 0 Å². The van der Waals surface area contributed by atoms with Gasteiger partial charge in [0.25, 0.3) is 0 Å². The van der Waals surface area contributed by atoms with Gasteiger partial charge in [-0.1, -0.05) is 25.8 Å². The molecule has 0 saturated heterocycles. The molecule has 3 nitrogen and oxygen atoms in total. The standard InChI is InChI=1S/C12H16N2O/c1-6-12(9-11(4)15)8-10(3)14(7-2)13-5/h6-8H,1-3,5,9H2,4H3/b12-8+. The number of carbonyl (C=O) groups is 1. The third-order valence-electron chi connectivity index (χ3n) is 1.69. The summed E-state index contributed by atoms with van der Waals surface area (Å²) >= 11 is 0. The Morgan fingerprint density at radius 3 is 2.40 bits per heavy atom. The maximum atomic E-state index is 10.9. The van der Waals surface area contributed by atoms with Gasteiger partial charge in [-0.05, 0) is 18.6 Å². The third kappa shape index (κ3) is 4.76. The molecule has 15 heavy (non-hydrogen) atoms. The Morgan fingerprint density at radius 1 is 1.47 bits per heavy atom. The Hall–Kier alpha value is -1.90. The van der Waals surface area contributed by atoms with Crippen molar-refractivity contribution in [1.82, 2.24) is 5.01 Å². The van der Waals surface area contributed by atoms with Gasteiger partial charge in [-0.2, -0.15) is 5.10 Å². The van der Waals surface area contributed by atoms with Gasteiger partial charge in [0, 0.05) is 19.3 Å². The molecule has 0 N–H and O–H groups in total. The molecule has 80 valence electrons. The van der Waals surface area contributed by atoms with Crippen LogP contribution in [0.3, 0.4) is 0 Å². The molecule has 0 heterocycles. The van der Waals surface area contributed by atoms with E-state index in [1.807, 2.05) is 0 Å². The van der Waals surface area contributed by atoms with Gasteiger partial charge in [-0.15, -0.1) is 0 Å². The molecular formula is C12H16N2O. The second kappa shape index (κ2) is 6.54. The number of Topliss-reactive ketones (excluding diaryl/α,β-unsaturated/α-hetero) is 1. The summed E-state index contributed by atoms with van der Waals surface area (Å²) in [5.74, 6) is 0.0747. The zero-order valence-corrected chi connectivity index (χ0v) is 9.07. The molecule has 0 aromatic heterocycles. The topological polar surface area (TPSA) is 32.7 Å². The molecule has 0 radical (unpaired) electrons. The van der Waals surface area contributed by atoms with Crippen LogP contribution in [0.2, 0.25) is 0 Å². The van der Waals surface area contributed by atoms with Crippen molar-refractivity contribution in [3.63, 3.8) is 0 Å². The first-order chi connectivity index (χ1) is 7.04. The predicted octanol–water partition coefficient (Wildman–Crippen LogP) is 2.65. The summed E-state index contributed by atoms with van der Waals surface area (Å²) in [6.45, 7) is 15.9. The third-order valence-corrected chi connectivity index (χ3v) is 1.69. The van der Waals surface area contributed by atoms with Crippen LogP contribution >= 0.6 is 0 Å². The number of hydrazone groups is 1. The molecular weight excluding hydrogens is 188 g/mol. The molecule has 0 atom stereocenters. The Kier molecular flexibility index (Phi) is 5.71. The molecule has 0 bridgehead atoms. The van der Waals surface area contributed by atoms with Crippen molar-refractivity contribution in [2.24, 2.45) is 5.10 Å². The molecule has 0 unspecified atom stereocenters. The minimum Gasteiger partial charge on any atom is -0.300 e. The van der Waals surface area contributed by atoms with Crippen molar-refractivity contribution in [3.05, 3.63) is 49.4 Å². The second-order valence-corrected chi connectivity index (χ2v) is 2.96.